The van der Waals surface area contributed by atoms with Gasteiger partial charge in [-0.2, -0.15) is 0 Å². The van der Waals surface area contributed by atoms with Crippen LogP contribution in [0, 0.1) is 0 Å². The average Bonchev–Trinajstić information content (AvgIpc) is 3.10. The molecule has 0 fully saturated rings. The number of nitrogens with zero attached hydrogens (tertiary/aromatic N) is 1. The lowest BCUT2D eigenvalue weighted by Crippen LogP contribution is -2.23. The summed E-state index contributed by atoms with van der Waals surface area (Å²) in [5, 5.41) is 4.48. The van der Waals surface area contributed by atoms with Gasteiger partial charge in [0, 0.05) is 12.5 Å². The van der Waals surface area contributed by atoms with E-state index in [4.69, 9.17) is 9.47 Å². The van der Waals surface area contributed by atoms with E-state index in [9.17, 15) is 4.79 Å². The van der Waals surface area contributed by atoms with Gasteiger partial charge < -0.3 is 14.8 Å². The van der Waals surface area contributed by atoms with E-state index in [1.54, 1.807) is 6.20 Å². The van der Waals surface area contributed by atoms with Crippen molar-refractivity contribution >= 4 is 17.2 Å². The number of benzene rings is 2. The molecule has 6 heteroatoms. The zero-order valence-corrected chi connectivity index (χ0v) is 17.2. The molecular formula is C22H24N2O3S. The van der Waals surface area contributed by atoms with Crippen LogP contribution in [0.25, 0.3) is 10.6 Å². The van der Waals surface area contributed by atoms with Crippen molar-refractivity contribution in [2.45, 2.75) is 39.8 Å². The maximum atomic E-state index is 11.2. The van der Waals surface area contributed by atoms with Crippen LogP contribution in [0.1, 0.15) is 39.3 Å². The molecule has 1 unspecified atom stereocenters. The summed E-state index contributed by atoms with van der Waals surface area (Å²) in [6, 6.07) is 15.5. The minimum atomic E-state index is -0.0474. The number of thiazole rings is 1. The highest BCUT2D eigenvalue weighted by Gasteiger charge is 2.09. The lowest BCUT2D eigenvalue weighted by atomic mass is 10.1. The first kappa shape index (κ1) is 19.9. The molecule has 0 bridgehead atoms. The lowest BCUT2D eigenvalue weighted by Gasteiger charge is -2.13. The monoisotopic (exact) mass is 396 g/mol. The minimum Gasteiger partial charge on any atom is -0.491 e. The average molecular weight is 397 g/mol. The molecule has 1 aromatic heterocycles. The molecule has 146 valence electrons. The normalized spacial score (nSPS) is 11.9. The largest absolute Gasteiger partial charge is 0.491 e. The van der Waals surface area contributed by atoms with Gasteiger partial charge in [0.05, 0.1) is 18.3 Å². The van der Waals surface area contributed by atoms with Gasteiger partial charge in [-0.05, 0) is 62.7 Å². The second-order valence-corrected chi connectivity index (χ2v) is 7.76. The number of ether oxygens (including phenoxy) is 2. The molecule has 3 aromatic rings. The summed E-state index contributed by atoms with van der Waals surface area (Å²) in [4.78, 5) is 15.6. The maximum Gasteiger partial charge on any atom is 0.217 e. The number of rotatable bonds is 7. The van der Waals surface area contributed by atoms with Gasteiger partial charge in [0.15, 0.2) is 0 Å². The van der Waals surface area contributed by atoms with Crippen molar-refractivity contribution in [3.8, 4) is 27.1 Å². The standard InChI is InChI=1S/C22H24N2O3S/c1-14(2)26-19-11-7-18(8-12-19)22-23-13-21(28-22)27-20-9-5-17(6-10-20)15(3)24-16(4)25/h5-15H,1-4H3,(H,24,25). The zero-order valence-electron chi connectivity index (χ0n) is 16.4. The molecule has 1 atom stereocenters. The fourth-order valence-corrected chi connectivity index (χ4v) is 3.51. The Hall–Kier alpha value is -2.86. The molecule has 2 aromatic carbocycles. The predicted octanol–water partition coefficient (Wildman–Crippen LogP) is 5.59. The van der Waals surface area contributed by atoms with Gasteiger partial charge >= 0.3 is 0 Å². The van der Waals surface area contributed by atoms with E-state index >= 15 is 0 Å². The molecule has 0 spiro atoms. The quantitative estimate of drug-likeness (QED) is 0.566. The molecular weight excluding hydrogens is 372 g/mol. The number of carbonyl (C=O) groups is 1. The van der Waals surface area contributed by atoms with Crippen molar-refractivity contribution in [3.63, 3.8) is 0 Å². The van der Waals surface area contributed by atoms with Crippen LogP contribution in [0.15, 0.2) is 54.7 Å². The molecule has 0 saturated heterocycles. The molecule has 1 heterocycles. The van der Waals surface area contributed by atoms with Gasteiger partial charge in [0.25, 0.3) is 0 Å². The Labute approximate surface area is 169 Å². The Balaban J connectivity index is 1.65. The molecule has 3 rings (SSSR count). The number of amides is 1. The number of hydrogen-bond donors (Lipinski definition) is 1. The highest BCUT2D eigenvalue weighted by atomic mass is 32.1. The topological polar surface area (TPSA) is 60.5 Å². The number of aromatic nitrogens is 1. The number of nitrogens with one attached hydrogen (secondary N) is 1. The smallest absolute Gasteiger partial charge is 0.217 e. The van der Waals surface area contributed by atoms with E-state index in [1.807, 2.05) is 69.3 Å². The van der Waals surface area contributed by atoms with Crippen LogP contribution in [0.5, 0.6) is 16.6 Å². The molecule has 0 aliphatic carbocycles. The van der Waals surface area contributed by atoms with Crippen LogP contribution >= 0.6 is 11.3 Å². The van der Waals surface area contributed by atoms with E-state index < -0.39 is 0 Å². The summed E-state index contributed by atoms with van der Waals surface area (Å²) < 4.78 is 11.6. The second-order valence-electron chi connectivity index (χ2n) is 6.77. The highest BCUT2D eigenvalue weighted by Crippen LogP contribution is 2.34. The van der Waals surface area contributed by atoms with Gasteiger partial charge in [0.2, 0.25) is 11.0 Å². The summed E-state index contributed by atoms with van der Waals surface area (Å²) >= 11 is 1.49. The lowest BCUT2D eigenvalue weighted by molar-refractivity contribution is -0.119. The molecule has 0 aliphatic heterocycles. The minimum absolute atomic E-state index is 0.0378. The zero-order chi connectivity index (χ0) is 20.1. The molecule has 0 radical (unpaired) electrons. The summed E-state index contributed by atoms with van der Waals surface area (Å²) in [5.41, 5.74) is 2.05. The third-order valence-electron chi connectivity index (χ3n) is 3.98. The third kappa shape index (κ3) is 5.33. The summed E-state index contributed by atoms with van der Waals surface area (Å²) in [6.45, 7) is 7.47. The highest BCUT2D eigenvalue weighted by molar-refractivity contribution is 7.16. The van der Waals surface area contributed by atoms with Crippen LogP contribution in [0.3, 0.4) is 0 Å². The Bertz CT molecular complexity index is 918. The first-order valence-electron chi connectivity index (χ1n) is 9.18. The summed E-state index contributed by atoms with van der Waals surface area (Å²) in [5.74, 6) is 1.53. The van der Waals surface area contributed by atoms with Crippen LogP contribution in [0.4, 0.5) is 0 Å². The van der Waals surface area contributed by atoms with Crippen molar-refractivity contribution in [1.29, 1.82) is 0 Å². The molecule has 0 aliphatic rings. The fourth-order valence-electron chi connectivity index (χ4n) is 2.72. The molecule has 1 N–H and O–H groups in total. The second kappa shape index (κ2) is 8.89. The van der Waals surface area contributed by atoms with Crippen molar-refractivity contribution in [2.24, 2.45) is 0 Å². The van der Waals surface area contributed by atoms with E-state index in [-0.39, 0.29) is 18.1 Å². The van der Waals surface area contributed by atoms with Crippen molar-refractivity contribution in [1.82, 2.24) is 10.3 Å². The molecule has 28 heavy (non-hydrogen) atoms. The first-order chi connectivity index (χ1) is 13.4. The molecule has 5 nitrogen and oxygen atoms in total. The third-order valence-corrected chi connectivity index (χ3v) is 4.90. The molecule has 1 amide bonds. The van der Waals surface area contributed by atoms with Gasteiger partial charge in [-0.3, -0.25) is 4.79 Å². The van der Waals surface area contributed by atoms with Gasteiger partial charge in [-0.1, -0.05) is 23.5 Å². The molecule has 0 saturated carbocycles. The fraction of sp³-hybridized carbons (Fsp3) is 0.273. The van der Waals surface area contributed by atoms with Crippen LogP contribution in [-0.2, 0) is 4.79 Å². The van der Waals surface area contributed by atoms with Crippen molar-refractivity contribution < 1.29 is 14.3 Å². The Morgan fingerprint density at radius 3 is 2.25 bits per heavy atom. The predicted molar refractivity (Wildman–Crippen MR) is 112 cm³/mol. The Morgan fingerprint density at radius 2 is 1.64 bits per heavy atom. The number of hydrogen-bond acceptors (Lipinski definition) is 5. The van der Waals surface area contributed by atoms with Crippen LogP contribution in [0.2, 0.25) is 0 Å². The Kier molecular flexibility index (Phi) is 6.31. The number of carbonyl (C=O) groups excluding carboxylic acids is 1. The van der Waals surface area contributed by atoms with Crippen LogP contribution in [-0.4, -0.2) is 17.0 Å². The van der Waals surface area contributed by atoms with E-state index in [1.165, 1.54) is 18.3 Å². The SMILES string of the molecule is CC(=O)NC(C)c1ccc(Oc2cnc(-c3ccc(OC(C)C)cc3)s2)cc1. The van der Waals surface area contributed by atoms with Gasteiger partial charge in [0.1, 0.15) is 16.5 Å². The van der Waals surface area contributed by atoms with Crippen LogP contribution < -0.4 is 14.8 Å². The first-order valence-corrected chi connectivity index (χ1v) is 10.00. The van der Waals surface area contributed by atoms with E-state index in [0.29, 0.717) is 0 Å². The van der Waals surface area contributed by atoms with E-state index in [2.05, 4.69) is 10.3 Å². The maximum absolute atomic E-state index is 11.2. The van der Waals surface area contributed by atoms with Gasteiger partial charge in [-0.25, -0.2) is 4.98 Å². The Morgan fingerprint density at radius 1 is 1.00 bits per heavy atom. The summed E-state index contributed by atoms with van der Waals surface area (Å²) in [6.07, 6.45) is 1.88. The van der Waals surface area contributed by atoms with Crippen molar-refractivity contribution in [2.75, 3.05) is 0 Å². The van der Waals surface area contributed by atoms with E-state index in [0.717, 1.165) is 32.7 Å². The van der Waals surface area contributed by atoms with Crippen molar-refractivity contribution in [3.05, 3.63) is 60.3 Å². The summed E-state index contributed by atoms with van der Waals surface area (Å²) in [7, 11) is 0. The van der Waals surface area contributed by atoms with Gasteiger partial charge in [-0.15, -0.1) is 0 Å².